The van der Waals surface area contributed by atoms with E-state index in [-0.39, 0.29) is 36.2 Å². The fourth-order valence-electron chi connectivity index (χ4n) is 4.13. The molecular formula is C17H30ClN5O3S. The summed E-state index contributed by atoms with van der Waals surface area (Å²) in [5.41, 5.74) is 1.10. The lowest BCUT2D eigenvalue weighted by Gasteiger charge is -2.38. The molecule has 10 heteroatoms. The minimum atomic E-state index is -3.19. The smallest absolute Gasteiger partial charge is 0.227 e. The lowest BCUT2D eigenvalue weighted by atomic mass is 9.88. The Labute approximate surface area is 167 Å². The first-order valence-electron chi connectivity index (χ1n) is 9.29. The van der Waals surface area contributed by atoms with Crippen LogP contribution in [0.1, 0.15) is 37.2 Å². The monoisotopic (exact) mass is 419 g/mol. The van der Waals surface area contributed by atoms with Gasteiger partial charge in [0.15, 0.2) is 0 Å². The molecule has 154 valence electrons. The third-order valence-electron chi connectivity index (χ3n) is 5.44. The van der Waals surface area contributed by atoms with Crippen molar-refractivity contribution >= 4 is 28.3 Å². The van der Waals surface area contributed by atoms with Crippen LogP contribution in [0.25, 0.3) is 0 Å². The number of halogens is 1. The van der Waals surface area contributed by atoms with Crippen molar-refractivity contribution < 1.29 is 13.2 Å². The average Bonchev–Trinajstić information content (AvgIpc) is 3.22. The molecule has 1 aromatic rings. The molecule has 1 aromatic heterocycles. The standard InChI is InChI=1S/C17H29N5O3S.ClH/c1-21-12-13(9-19-21)15-10-18-11-16(15)17(23)22-8-4-3-5-14(22)6-7-20-26(2,24)25;/h9,12,14-16,18,20H,3-8,10-11H2,1-2H3;1H/t14?,15-,16+;/m1./s1. The van der Waals surface area contributed by atoms with Crippen molar-refractivity contribution in [2.24, 2.45) is 13.0 Å². The number of carbonyl (C=O) groups is 1. The number of nitrogens with zero attached hydrogens (tertiary/aromatic N) is 3. The van der Waals surface area contributed by atoms with Crippen molar-refractivity contribution in [2.45, 2.75) is 37.6 Å². The Kier molecular flexibility index (Phi) is 7.67. The maximum absolute atomic E-state index is 13.3. The van der Waals surface area contributed by atoms with Crippen molar-refractivity contribution in [1.82, 2.24) is 24.7 Å². The summed E-state index contributed by atoms with van der Waals surface area (Å²) in [4.78, 5) is 15.3. The van der Waals surface area contributed by atoms with E-state index in [1.807, 2.05) is 24.3 Å². The normalized spacial score (nSPS) is 26.0. The second kappa shape index (κ2) is 9.36. The minimum absolute atomic E-state index is 0. The fraction of sp³-hybridized carbons (Fsp3) is 0.765. The highest BCUT2D eigenvalue weighted by molar-refractivity contribution is 7.88. The molecule has 0 bridgehead atoms. The molecule has 0 spiro atoms. The molecule has 2 aliphatic rings. The number of hydrogen-bond donors (Lipinski definition) is 2. The number of amides is 1. The summed E-state index contributed by atoms with van der Waals surface area (Å²) in [6.45, 7) is 2.61. The van der Waals surface area contributed by atoms with Crippen molar-refractivity contribution in [3.63, 3.8) is 0 Å². The first kappa shape index (κ1) is 22.1. The number of aryl methyl sites for hydroxylation is 1. The van der Waals surface area contributed by atoms with Crippen molar-refractivity contribution in [3.05, 3.63) is 18.0 Å². The molecule has 0 aliphatic carbocycles. The Bertz CT molecular complexity index is 739. The van der Waals surface area contributed by atoms with E-state index >= 15 is 0 Å². The third-order valence-corrected chi connectivity index (χ3v) is 6.16. The van der Waals surface area contributed by atoms with E-state index in [0.717, 1.165) is 37.9 Å². The van der Waals surface area contributed by atoms with E-state index in [9.17, 15) is 13.2 Å². The number of sulfonamides is 1. The molecule has 2 N–H and O–H groups in total. The average molecular weight is 420 g/mol. The van der Waals surface area contributed by atoms with Gasteiger partial charge >= 0.3 is 0 Å². The summed E-state index contributed by atoms with van der Waals surface area (Å²) in [5.74, 6) is 0.253. The number of aromatic nitrogens is 2. The first-order valence-corrected chi connectivity index (χ1v) is 11.2. The first-order chi connectivity index (χ1) is 12.3. The lowest BCUT2D eigenvalue weighted by molar-refractivity contribution is -0.139. The van der Waals surface area contributed by atoms with Crippen LogP contribution >= 0.6 is 12.4 Å². The van der Waals surface area contributed by atoms with E-state index in [0.29, 0.717) is 19.5 Å². The van der Waals surface area contributed by atoms with Crippen LogP contribution in [0, 0.1) is 5.92 Å². The second-order valence-electron chi connectivity index (χ2n) is 7.45. The van der Waals surface area contributed by atoms with Gasteiger partial charge < -0.3 is 10.2 Å². The summed E-state index contributed by atoms with van der Waals surface area (Å²) in [7, 11) is -1.31. The molecule has 0 aromatic carbocycles. The zero-order valence-electron chi connectivity index (χ0n) is 15.9. The molecule has 0 radical (unpaired) electrons. The molecule has 27 heavy (non-hydrogen) atoms. The molecule has 3 rings (SSSR count). The van der Waals surface area contributed by atoms with Gasteiger partial charge in [-0.2, -0.15) is 5.10 Å². The molecule has 1 unspecified atom stereocenters. The van der Waals surface area contributed by atoms with Crippen molar-refractivity contribution in [2.75, 3.05) is 32.4 Å². The Morgan fingerprint density at radius 1 is 1.37 bits per heavy atom. The Morgan fingerprint density at radius 2 is 2.15 bits per heavy atom. The van der Waals surface area contributed by atoms with Gasteiger partial charge in [-0.05, 0) is 31.2 Å². The van der Waals surface area contributed by atoms with Crippen LogP contribution in [0.4, 0.5) is 0 Å². The van der Waals surface area contributed by atoms with Crippen molar-refractivity contribution in [3.8, 4) is 0 Å². The molecule has 8 nitrogen and oxygen atoms in total. The zero-order chi connectivity index (χ0) is 18.7. The zero-order valence-corrected chi connectivity index (χ0v) is 17.6. The van der Waals surface area contributed by atoms with Gasteiger partial charge in [0.25, 0.3) is 0 Å². The van der Waals surface area contributed by atoms with Crippen LogP contribution in [0.15, 0.2) is 12.4 Å². The molecule has 0 saturated carbocycles. The number of piperidine rings is 1. The Balaban J connectivity index is 0.00000261. The van der Waals surface area contributed by atoms with Crippen LogP contribution in [-0.2, 0) is 21.9 Å². The maximum Gasteiger partial charge on any atom is 0.227 e. The largest absolute Gasteiger partial charge is 0.339 e. The summed E-state index contributed by atoms with van der Waals surface area (Å²) in [5, 5.41) is 7.60. The number of carbonyl (C=O) groups excluding carboxylic acids is 1. The summed E-state index contributed by atoms with van der Waals surface area (Å²) in [6, 6.07) is 0.112. The van der Waals surface area contributed by atoms with Gasteiger partial charge in [-0.25, -0.2) is 13.1 Å². The predicted molar refractivity (Wildman–Crippen MR) is 106 cm³/mol. The van der Waals surface area contributed by atoms with Crippen LogP contribution < -0.4 is 10.0 Å². The van der Waals surface area contributed by atoms with E-state index in [4.69, 9.17) is 0 Å². The molecular weight excluding hydrogens is 390 g/mol. The quantitative estimate of drug-likeness (QED) is 0.698. The lowest BCUT2D eigenvalue weighted by Crippen LogP contribution is -2.48. The maximum atomic E-state index is 13.3. The van der Waals surface area contributed by atoms with E-state index < -0.39 is 10.0 Å². The van der Waals surface area contributed by atoms with Gasteiger partial charge in [0, 0.05) is 51.4 Å². The van der Waals surface area contributed by atoms with Gasteiger partial charge in [0.05, 0.1) is 18.4 Å². The highest BCUT2D eigenvalue weighted by Crippen LogP contribution is 2.31. The van der Waals surface area contributed by atoms with Gasteiger partial charge in [-0.15, -0.1) is 12.4 Å². The molecule has 1 amide bonds. The summed E-state index contributed by atoms with van der Waals surface area (Å²) in [6.07, 6.45) is 8.70. The van der Waals surface area contributed by atoms with Crippen molar-refractivity contribution in [1.29, 1.82) is 0 Å². The van der Waals surface area contributed by atoms with Crippen LogP contribution in [-0.4, -0.2) is 67.5 Å². The summed E-state index contributed by atoms with van der Waals surface area (Å²) < 4.78 is 26.9. The Morgan fingerprint density at radius 3 is 2.81 bits per heavy atom. The van der Waals surface area contributed by atoms with Crippen LogP contribution in [0.2, 0.25) is 0 Å². The molecule has 3 atom stereocenters. The molecule has 2 saturated heterocycles. The van der Waals surface area contributed by atoms with Gasteiger partial charge in [-0.3, -0.25) is 9.48 Å². The van der Waals surface area contributed by atoms with E-state index in [1.165, 1.54) is 6.26 Å². The van der Waals surface area contributed by atoms with Crippen LogP contribution in [0.3, 0.4) is 0 Å². The van der Waals surface area contributed by atoms with Gasteiger partial charge in [-0.1, -0.05) is 0 Å². The SMILES string of the molecule is Cl.Cn1cc([C@H]2CNC[C@@H]2C(=O)N2CCCCC2CCNS(C)(=O)=O)cn1. The minimum Gasteiger partial charge on any atom is -0.339 e. The van der Waals surface area contributed by atoms with Crippen LogP contribution in [0.5, 0.6) is 0 Å². The van der Waals surface area contributed by atoms with E-state index in [2.05, 4.69) is 15.1 Å². The number of rotatable bonds is 6. The Hall–Kier alpha value is -1.16. The highest BCUT2D eigenvalue weighted by Gasteiger charge is 2.39. The summed E-state index contributed by atoms with van der Waals surface area (Å²) >= 11 is 0. The second-order valence-corrected chi connectivity index (χ2v) is 9.29. The molecule has 3 heterocycles. The van der Waals surface area contributed by atoms with Gasteiger partial charge in [0.1, 0.15) is 0 Å². The molecule has 2 aliphatic heterocycles. The van der Waals surface area contributed by atoms with E-state index in [1.54, 1.807) is 4.68 Å². The number of hydrogen-bond acceptors (Lipinski definition) is 5. The predicted octanol–water partition coefficient (Wildman–Crippen LogP) is 0.465. The number of nitrogens with one attached hydrogen (secondary N) is 2. The third kappa shape index (κ3) is 5.66. The highest BCUT2D eigenvalue weighted by atomic mass is 35.5. The molecule has 2 fully saturated rings. The fourth-order valence-corrected chi connectivity index (χ4v) is 4.62. The van der Waals surface area contributed by atoms with Gasteiger partial charge in [0.2, 0.25) is 15.9 Å². The number of likely N-dealkylation sites (tertiary alicyclic amines) is 1. The topological polar surface area (TPSA) is 96.3 Å².